The molecule has 0 fully saturated rings. The summed E-state index contributed by atoms with van der Waals surface area (Å²) in [5.74, 6) is 0.749. The summed E-state index contributed by atoms with van der Waals surface area (Å²) in [5.41, 5.74) is 1.13. The summed E-state index contributed by atoms with van der Waals surface area (Å²) in [7, 11) is 0. The van der Waals surface area contributed by atoms with Crippen LogP contribution >= 0.6 is 0 Å². The zero-order chi connectivity index (χ0) is 11.8. The highest BCUT2D eigenvalue weighted by molar-refractivity contribution is 5.03. The van der Waals surface area contributed by atoms with E-state index >= 15 is 0 Å². The van der Waals surface area contributed by atoms with E-state index in [-0.39, 0.29) is 0 Å². The van der Waals surface area contributed by atoms with Crippen molar-refractivity contribution in [1.29, 1.82) is 0 Å². The minimum Gasteiger partial charge on any atom is -0.308 e. The molecule has 0 saturated heterocycles. The van der Waals surface area contributed by atoms with Crippen molar-refractivity contribution in [3.05, 3.63) is 30.1 Å². The number of pyridine rings is 1. The fourth-order valence-corrected chi connectivity index (χ4v) is 2.14. The Bertz CT molecular complexity index is 271. The maximum Gasteiger partial charge on any atom is 0.0541 e. The Morgan fingerprint density at radius 1 is 1.31 bits per heavy atom. The van der Waals surface area contributed by atoms with Crippen molar-refractivity contribution >= 4 is 0 Å². The predicted molar refractivity (Wildman–Crippen MR) is 69.2 cm³/mol. The first-order valence-corrected chi connectivity index (χ1v) is 6.41. The Balaban J connectivity index is 2.39. The summed E-state index contributed by atoms with van der Waals surface area (Å²) in [5, 5.41) is 3.61. The van der Waals surface area contributed by atoms with Crippen LogP contribution in [-0.4, -0.2) is 11.0 Å². The summed E-state index contributed by atoms with van der Waals surface area (Å²) in [6, 6.07) is 6.69. The van der Waals surface area contributed by atoms with E-state index in [1.807, 2.05) is 18.3 Å². The number of hydrogen-bond donors (Lipinski definition) is 1. The van der Waals surface area contributed by atoms with Crippen LogP contribution in [0.3, 0.4) is 0 Å². The van der Waals surface area contributed by atoms with Crippen molar-refractivity contribution in [1.82, 2.24) is 10.3 Å². The number of rotatable bonds is 7. The van der Waals surface area contributed by atoms with Crippen LogP contribution in [-0.2, 0) is 6.54 Å². The van der Waals surface area contributed by atoms with Gasteiger partial charge in [0.05, 0.1) is 5.69 Å². The molecule has 1 rings (SSSR count). The maximum atomic E-state index is 4.33. The minimum atomic E-state index is 0.613. The first kappa shape index (κ1) is 13.2. The van der Waals surface area contributed by atoms with Gasteiger partial charge >= 0.3 is 0 Å². The highest BCUT2D eigenvalue weighted by atomic mass is 14.9. The average molecular weight is 220 g/mol. The van der Waals surface area contributed by atoms with Crippen molar-refractivity contribution < 1.29 is 0 Å². The average Bonchev–Trinajstić information content (AvgIpc) is 2.31. The van der Waals surface area contributed by atoms with Crippen LogP contribution in [0.2, 0.25) is 0 Å². The molecule has 1 N–H and O–H groups in total. The second-order valence-corrected chi connectivity index (χ2v) is 4.48. The van der Waals surface area contributed by atoms with E-state index < -0.39 is 0 Å². The Labute approximate surface area is 99.5 Å². The second kappa shape index (κ2) is 7.39. The molecule has 0 amide bonds. The van der Waals surface area contributed by atoms with E-state index in [1.54, 1.807) is 0 Å². The van der Waals surface area contributed by atoms with Gasteiger partial charge in [0.1, 0.15) is 0 Å². The van der Waals surface area contributed by atoms with E-state index in [4.69, 9.17) is 0 Å². The third kappa shape index (κ3) is 4.31. The van der Waals surface area contributed by atoms with Gasteiger partial charge < -0.3 is 5.32 Å². The van der Waals surface area contributed by atoms with Gasteiger partial charge in [-0.2, -0.15) is 0 Å². The molecule has 1 aromatic heterocycles. The highest BCUT2D eigenvalue weighted by Gasteiger charge is 2.13. The Kier molecular flexibility index (Phi) is 6.09. The predicted octanol–water partition coefficient (Wildman–Crippen LogP) is 3.39. The molecule has 0 spiro atoms. The Morgan fingerprint density at radius 3 is 2.69 bits per heavy atom. The fraction of sp³-hybridized carbons (Fsp3) is 0.643. The van der Waals surface area contributed by atoms with Gasteiger partial charge in [0.25, 0.3) is 0 Å². The van der Waals surface area contributed by atoms with Gasteiger partial charge in [-0.25, -0.2) is 0 Å². The number of hydrogen-bond acceptors (Lipinski definition) is 2. The molecular weight excluding hydrogens is 196 g/mol. The van der Waals surface area contributed by atoms with Gasteiger partial charge in [0, 0.05) is 18.8 Å². The third-order valence-electron chi connectivity index (χ3n) is 3.14. The van der Waals surface area contributed by atoms with E-state index in [0.717, 1.165) is 18.2 Å². The zero-order valence-electron chi connectivity index (χ0n) is 10.7. The standard InChI is InChI=1S/C14H24N2/c1-4-8-12(3)14(5-2)16-11-13-9-6-7-10-15-13/h6-7,9-10,12,14,16H,4-5,8,11H2,1-3H3. The van der Waals surface area contributed by atoms with Crippen molar-refractivity contribution in [2.24, 2.45) is 5.92 Å². The largest absolute Gasteiger partial charge is 0.308 e. The fourth-order valence-electron chi connectivity index (χ4n) is 2.14. The molecule has 0 aliphatic heterocycles. The van der Waals surface area contributed by atoms with Crippen molar-refractivity contribution in [2.75, 3.05) is 0 Å². The minimum absolute atomic E-state index is 0.613. The second-order valence-electron chi connectivity index (χ2n) is 4.48. The first-order chi connectivity index (χ1) is 7.77. The molecule has 1 heterocycles. The van der Waals surface area contributed by atoms with Crippen LogP contribution in [0.5, 0.6) is 0 Å². The molecule has 2 heteroatoms. The Hall–Kier alpha value is -0.890. The molecule has 2 unspecified atom stereocenters. The lowest BCUT2D eigenvalue weighted by Gasteiger charge is -2.23. The molecule has 1 aromatic rings. The lowest BCUT2D eigenvalue weighted by atomic mass is 9.95. The molecule has 0 aromatic carbocycles. The van der Waals surface area contributed by atoms with E-state index in [9.17, 15) is 0 Å². The van der Waals surface area contributed by atoms with Crippen molar-refractivity contribution in [3.63, 3.8) is 0 Å². The van der Waals surface area contributed by atoms with E-state index in [2.05, 4.69) is 37.1 Å². The zero-order valence-corrected chi connectivity index (χ0v) is 10.7. The van der Waals surface area contributed by atoms with Crippen LogP contribution in [0.25, 0.3) is 0 Å². The van der Waals surface area contributed by atoms with E-state index in [0.29, 0.717) is 6.04 Å². The number of aromatic nitrogens is 1. The molecule has 90 valence electrons. The molecule has 0 aliphatic carbocycles. The topological polar surface area (TPSA) is 24.9 Å². The SMILES string of the molecule is CCCC(C)C(CC)NCc1ccccn1. The van der Waals surface area contributed by atoms with Crippen LogP contribution in [0.1, 0.15) is 45.7 Å². The molecule has 16 heavy (non-hydrogen) atoms. The van der Waals surface area contributed by atoms with Crippen molar-refractivity contribution in [2.45, 2.75) is 52.6 Å². The maximum absolute atomic E-state index is 4.33. The number of nitrogens with zero attached hydrogens (tertiary/aromatic N) is 1. The summed E-state index contributed by atoms with van der Waals surface area (Å²) in [4.78, 5) is 4.33. The quantitative estimate of drug-likeness (QED) is 0.762. The van der Waals surface area contributed by atoms with E-state index in [1.165, 1.54) is 19.3 Å². The number of nitrogens with one attached hydrogen (secondary N) is 1. The van der Waals surface area contributed by atoms with Gasteiger partial charge in [0.15, 0.2) is 0 Å². The van der Waals surface area contributed by atoms with Gasteiger partial charge in [-0.3, -0.25) is 4.98 Å². The molecule has 0 aliphatic rings. The molecule has 0 bridgehead atoms. The third-order valence-corrected chi connectivity index (χ3v) is 3.14. The van der Waals surface area contributed by atoms with Crippen LogP contribution in [0.15, 0.2) is 24.4 Å². The summed E-state index contributed by atoms with van der Waals surface area (Å²) < 4.78 is 0. The molecule has 0 radical (unpaired) electrons. The van der Waals surface area contributed by atoms with Gasteiger partial charge in [-0.15, -0.1) is 0 Å². The van der Waals surface area contributed by atoms with Gasteiger partial charge in [-0.05, 0) is 30.9 Å². The van der Waals surface area contributed by atoms with Crippen LogP contribution < -0.4 is 5.32 Å². The highest BCUT2D eigenvalue weighted by Crippen LogP contribution is 2.13. The van der Waals surface area contributed by atoms with Crippen molar-refractivity contribution in [3.8, 4) is 0 Å². The monoisotopic (exact) mass is 220 g/mol. The molecule has 2 atom stereocenters. The van der Waals surface area contributed by atoms with Crippen LogP contribution in [0, 0.1) is 5.92 Å². The smallest absolute Gasteiger partial charge is 0.0541 e. The lowest BCUT2D eigenvalue weighted by Crippen LogP contribution is -2.34. The Morgan fingerprint density at radius 2 is 2.12 bits per heavy atom. The first-order valence-electron chi connectivity index (χ1n) is 6.41. The van der Waals surface area contributed by atoms with Gasteiger partial charge in [-0.1, -0.05) is 33.3 Å². The molecule has 2 nitrogen and oxygen atoms in total. The van der Waals surface area contributed by atoms with Gasteiger partial charge in [0.2, 0.25) is 0 Å². The van der Waals surface area contributed by atoms with Crippen LogP contribution in [0.4, 0.5) is 0 Å². The lowest BCUT2D eigenvalue weighted by molar-refractivity contribution is 0.343. The molecular formula is C14H24N2. The summed E-state index contributed by atoms with van der Waals surface area (Å²) in [6.45, 7) is 7.72. The summed E-state index contributed by atoms with van der Waals surface area (Å²) in [6.07, 6.45) is 5.61. The molecule has 0 saturated carbocycles. The normalized spacial score (nSPS) is 14.7. The summed E-state index contributed by atoms with van der Waals surface area (Å²) >= 11 is 0.